The van der Waals surface area contributed by atoms with Crippen molar-refractivity contribution in [3.05, 3.63) is 64.1 Å². The molecule has 2 aromatic carbocycles. The molecule has 0 radical (unpaired) electrons. The molecule has 5 heteroatoms. The zero-order valence-electron chi connectivity index (χ0n) is 12.4. The SMILES string of the molecule is O=C(c1ccc(Cl)cc1)N1CCC[C@@H]1c1nc2ccccc2s1. The van der Waals surface area contributed by atoms with E-state index in [1.807, 2.05) is 23.1 Å². The number of amides is 1. The predicted octanol–water partition coefficient (Wildman–Crippen LogP) is 4.93. The average Bonchev–Trinajstić information content (AvgIpc) is 3.21. The summed E-state index contributed by atoms with van der Waals surface area (Å²) in [7, 11) is 0. The van der Waals surface area contributed by atoms with Crippen LogP contribution in [0.15, 0.2) is 48.5 Å². The van der Waals surface area contributed by atoms with E-state index in [-0.39, 0.29) is 11.9 Å². The fourth-order valence-electron chi connectivity index (χ4n) is 3.06. The second kappa shape index (κ2) is 5.95. The summed E-state index contributed by atoms with van der Waals surface area (Å²) in [5, 5.41) is 1.68. The van der Waals surface area contributed by atoms with Crippen molar-refractivity contribution in [1.29, 1.82) is 0 Å². The van der Waals surface area contributed by atoms with Crippen LogP contribution < -0.4 is 0 Å². The van der Waals surface area contributed by atoms with Crippen LogP contribution in [0.5, 0.6) is 0 Å². The number of nitrogens with zero attached hydrogens (tertiary/aromatic N) is 2. The molecule has 23 heavy (non-hydrogen) atoms. The molecule has 2 heterocycles. The normalized spacial score (nSPS) is 17.8. The Morgan fingerprint density at radius 1 is 1.17 bits per heavy atom. The van der Waals surface area contributed by atoms with Crippen molar-refractivity contribution < 1.29 is 4.79 Å². The Hall–Kier alpha value is -1.91. The van der Waals surface area contributed by atoms with Gasteiger partial charge in [-0.25, -0.2) is 4.98 Å². The number of carbonyl (C=O) groups is 1. The molecule has 116 valence electrons. The Bertz CT molecular complexity index is 826. The maximum Gasteiger partial charge on any atom is 0.254 e. The summed E-state index contributed by atoms with van der Waals surface area (Å²) < 4.78 is 1.17. The molecule has 1 aliphatic heterocycles. The summed E-state index contributed by atoms with van der Waals surface area (Å²) in [4.78, 5) is 19.5. The van der Waals surface area contributed by atoms with Crippen LogP contribution in [0.2, 0.25) is 5.02 Å². The van der Waals surface area contributed by atoms with E-state index in [4.69, 9.17) is 16.6 Å². The van der Waals surface area contributed by atoms with Crippen molar-refractivity contribution >= 4 is 39.1 Å². The van der Waals surface area contributed by atoms with Gasteiger partial charge in [0.1, 0.15) is 5.01 Å². The van der Waals surface area contributed by atoms with E-state index >= 15 is 0 Å². The molecule has 0 aliphatic carbocycles. The molecular formula is C18H15ClN2OS. The zero-order chi connectivity index (χ0) is 15.8. The van der Waals surface area contributed by atoms with E-state index in [2.05, 4.69) is 6.07 Å². The summed E-state index contributed by atoms with van der Waals surface area (Å²) in [5.74, 6) is 0.0587. The molecule has 4 rings (SSSR count). The predicted molar refractivity (Wildman–Crippen MR) is 94.1 cm³/mol. The molecule has 0 spiro atoms. The first-order valence-corrected chi connectivity index (χ1v) is 8.84. The van der Waals surface area contributed by atoms with Crippen molar-refractivity contribution in [1.82, 2.24) is 9.88 Å². The van der Waals surface area contributed by atoms with Crippen LogP contribution in [-0.4, -0.2) is 22.3 Å². The van der Waals surface area contributed by atoms with Crippen molar-refractivity contribution in [3.63, 3.8) is 0 Å². The van der Waals surface area contributed by atoms with Gasteiger partial charge < -0.3 is 4.90 Å². The van der Waals surface area contributed by atoms with E-state index in [0.717, 1.165) is 29.9 Å². The van der Waals surface area contributed by atoms with E-state index < -0.39 is 0 Å². The van der Waals surface area contributed by atoms with Gasteiger partial charge in [-0.05, 0) is 49.2 Å². The maximum atomic E-state index is 12.8. The molecule has 0 saturated carbocycles. The van der Waals surface area contributed by atoms with Crippen molar-refractivity contribution in [2.45, 2.75) is 18.9 Å². The highest BCUT2D eigenvalue weighted by atomic mass is 35.5. The van der Waals surface area contributed by atoms with Crippen LogP contribution in [0.25, 0.3) is 10.2 Å². The largest absolute Gasteiger partial charge is 0.329 e. The monoisotopic (exact) mass is 342 g/mol. The van der Waals surface area contributed by atoms with E-state index in [0.29, 0.717) is 10.6 Å². The topological polar surface area (TPSA) is 33.2 Å². The summed E-state index contributed by atoms with van der Waals surface area (Å²) in [6.07, 6.45) is 1.99. The third-order valence-electron chi connectivity index (χ3n) is 4.20. The molecule has 1 aliphatic rings. The van der Waals surface area contributed by atoms with Crippen molar-refractivity contribution in [2.75, 3.05) is 6.54 Å². The van der Waals surface area contributed by atoms with Gasteiger partial charge in [0.15, 0.2) is 0 Å². The fraction of sp³-hybridized carbons (Fsp3) is 0.222. The zero-order valence-corrected chi connectivity index (χ0v) is 14.0. The van der Waals surface area contributed by atoms with Gasteiger partial charge in [0.25, 0.3) is 5.91 Å². The van der Waals surface area contributed by atoms with Gasteiger partial charge in [-0.15, -0.1) is 11.3 Å². The minimum Gasteiger partial charge on any atom is -0.329 e. The Kier molecular flexibility index (Phi) is 3.79. The molecule has 3 nitrogen and oxygen atoms in total. The van der Waals surface area contributed by atoms with Crippen LogP contribution in [0.4, 0.5) is 0 Å². The van der Waals surface area contributed by atoms with E-state index in [9.17, 15) is 4.79 Å². The lowest BCUT2D eigenvalue weighted by Crippen LogP contribution is -2.30. The molecule has 1 amide bonds. The number of aromatic nitrogens is 1. The number of thiazole rings is 1. The Balaban J connectivity index is 1.65. The van der Waals surface area contributed by atoms with E-state index in [1.165, 1.54) is 4.70 Å². The minimum atomic E-state index is 0.0587. The van der Waals surface area contributed by atoms with Gasteiger partial charge >= 0.3 is 0 Å². The molecule has 1 atom stereocenters. The van der Waals surface area contributed by atoms with Gasteiger partial charge in [-0.2, -0.15) is 0 Å². The molecule has 1 saturated heterocycles. The van der Waals surface area contributed by atoms with Gasteiger partial charge in [0, 0.05) is 17.1 Å². The quantitative estimate of drug-likeness (QED) is 0.661. The van der Waals surface area contributed by atoms with Crippen LogP contribution in [0.1, 0.15) is 34.2 Å². The Morgan fingerprint density at radius 3 is 2.74 bits per heavy atom. The lowest BCUT2D eigenvalue weighted by molar-refractivity contribution is 0.0735. The average molecular weight is 343 g/mol. The number of hydrogen-bond donors (Lipinski definition) is 0. The molecule has 0 bridgehead atoms. The summed E-state index contributed by atoms with van der Waals surface area (Å²) in [6, 6.07) is 15.3. The highest BCUT2D eigenvalue weighted by molar-refractivity contribution is 7.18. The van der Waals surface area contributed by atoms with Crippen LogP contribution in [0.3, 0.4) is 0 Å². The highest BCUT2D eigenvalue weighted by Crippen LogP contribution is 2.37. The maximum absolute atomic E-state index is 12.8. The van der Waals surface area contributed by atoms with Crippen LogP contribution in [-0.2, 0) is 0 Å². The smallest absolute Gasteiger partial charge is 0.254 e. The molecule has 0 unspecified atom stereocenters. The second-order valence-corrected chi connectivity index (χ2v) is 7.18. The molecular weight excluding hydrogens is 328 g/mol. The first-order valence-electron chi connectivity index (χ1n) is 7.64. The standard InChI is InChI=1S/C18H15ClN2OS/c19-13-9-7-12(8-10-13)18(22)21-11-3-5-15(21)17-20-14-4-1-2-6-16(14)23-17/h1-2,4,6-10,15H,3,5,11H2/t15-/m1/s1. The number of para-hydroxylation sites is 1. The molecule has 1 aromatic heterocycles. The van der Waals surface area contributed by atoms with Crippen molar-refractivity contribution in [2.24, 2.45) is 0 Å². The van der Waals surface area contributed by atoms with Crippen molar-refractivity contribution in [3.8, 4) is 0 Å². The highest BCUT2D eigenvalue weighted by Gasteiger charge is 2.32. The number of likely N-dealkylation sites (tertiary alicyclic amines) is 1. The van der Waals surface area contributed by atoms with E-state index in [1.54, 1.807) is 35.6 Å². The molecule has 1 fully saturated rings. The summed E-state index contributed by atoms with van der Waals surface area (Å²) in [6.45, 7) is 0.780. The first-order chi connectivity index (χ1) is 11.2. The summed E-state index contributed by atoms with van der Waals surface area (Å²) >= 11 is 7.60. The Labute approximate surface area is 143 Å². The third kappa shape index (κ3) is 2.73. The second-order valence-electron chi connectivity index (χ2n) is 5.68. The molecule has 0 N–H and O–H groups in total. The number of hydrogen-bond acceptors (Lipinski definition) is 3. The molecule has 3 aromatic rings. The minimum absolute atomic E-state index is 0.0587. The fourth-order valence-corrected chi connectivity index (χ4v) is 4.30. The first kappa shape index (κ1) is 14.7. The third-order valence-corrected chi connectivity index (χ3v) is 5.59. The number of carbonyl (C=O) groups excluding carboxylic acids is 1. The lowest BCUT2D eigenvalue weighted by Gasteiger charge is -2.23. The van der Waals surface area contributed by atoms with Gasteiger partial charge in [0.05, 0.1) is 16.3 Å². The van der Waals surface area contributed by atoms with Gasteiger partial charge in [0.2, 0.25) is 0 Å². The number of fused-ring (bicyclic) bond motifs is 1. The van der Waals surface area contributed by atoms with Crippen LogP contribution in [0, 0.1) is 0 Å². The Morgan fingerprint density at radius 2 is 1.96 bits per heavy atom. The summed E-state index contributed by atoms with van der Waals surface area (Å²) in [5.41, 5.74) is 1.70. The van der Waals surface area contributed by atoms with Gasteiger partial charge in [-0.1, -0.05) is 23.7 Å². The van der Waals surface area contributed by atoms with Crippen LogP contribution >= 0.6 is 22.9 Å². The number of benzene rings is 2. The number of halogens is 1. The lowest BCUT2D eigenvalue weighted by atomic mass is 10.1. The number of rotatable bonds is 2. The van der Waals surface area contributed by atoms with Gasteiger partial charge in [-0.3, -0.25) is 4.79 Å².